The van der Waals surface area contributed by atoms with Crippen LogP contribution in [0.3, 0.4) is 0 Å². The largest absolute Gasteiger partial charge is 0.304 e. The summed E-state index contributed by atoms with van der Waals surface area (Å²) in [6.45, 7) is 3.10. The van der Waals surface area contributed by atoms with Gasteiger partial charge in [0.15, 0.2) is 0 Å². The topological polar surface area (TPSA) is 42.7 Å². The second-order valence-corrected chi connectivity index (χ2v) is 5.23. The minimum atomic E-state index is 0.0377. The molecule has 0 aliphatic carbocycles. The van der Waals surface area contributed by atoms with E-state index < -0.39 is 0 Å². The number of fused-ring (bicyclic) bond motifs is 1. The first-order valence-corrected chi connectivity index (χ1v) is 7.36. The standard InChI is InChI=1S/C17H20N4/c1-3-11-18-17(16-10-12-21(2)20-16)15-9-8-13-6-4-5-7-14(13)19-15/h4-10,12,17-18H,3,11H2,1-2H3. The number of hydrogen-bond acceptors (Lipinski definition) is 3. The van der Waals surface area contributed by atoms with Gasteiger partial charge in [-0.1, -0.05) is 31.2 Å². The molecule has 1 atom stereocenters. The van der Waals surface area contributed by atoms with Gasteiger partial charge in [-0.25, -0.2) is 0 Å². The van der Waals surface area contributed by atoms with Crippen molar-refractivity contribution in [2.45, 2.75) is 19.4 Å². The summed E-state index contributed by atoms with van der Waals surface area (Å²) in [5.41, 5.74) is 3.05. The number of rotatable bonds is 5. The first-order valence-electron chi connectivity index (χ1n) is 7.36. The summed E-state index contributed by atoms with van der Waals surface area (Å²) in [6, 6.07) is 14.5. The Morgan fingerprint density at radius 1 is 1.10 bits per heavy atom. The number of aryl methyl sites for hydroxylation is 1. The molecule has 4 nitrogen and oxygen atoms in total. The van der Waals surface area contributed by atoms with Crippen LogP contribution in [0.1, 0.15) is 30.8 Å². The maximum absolute atomic E-state index is 4.80. The average Bonchev–Trinajstić information content (AvgIpc) is 2.94. The Morgan fingerprint density at radius 2 is 1.95 bits per heavy atom. The summed E-state index contributed by atoms with van der Waals surface area (Å²) >= 11 is 0. The van der Waals surface area contributed by atoms with Crippen LogP contribution in [0.25, 0.3) is 10.9 Å². The molecule has 1 aromatic carbocycles. The minimum absolute atomic E-state index is 0.0377. The first kappa shape index (κ1) is 13.8. The third-order valence-electron chi connectivity index (χ3n) is 3.54. The molecule has 0 bridgehead atoms. The number of benzene rings is 1. The SMILES string of the molecule is CCCNC(c1ccc2ccccc2n1)c1ccn(C)n1. The fourth-order valence-corrected chi connectivity index (χ4v) is 2.48. The molecule has 1 N–H and O–H groups in total. The van der Waals surface area contributed by atoms with Crippen LogP contribution in [-0.4, -0.2) is 21.3 Å². The van der Waals surface area contributed by atoms with E-state index in [9.17, 15) is 0 Å². The van der Waals surface area contributed by atoms with Gasteiger partial charge in [-0.2, -0.15) is 5.10 Å². The summed E-state index contributed by atoms with van der Waals surface area (Å²) in [5.74, 6) is 0. The van der Waals surface area contributed by atoms with Crippen molar-refractivity contribution in [3.05, 3.63) is 60.0 Å². The van der Waals surface area contributed by atoms with Crippen LogP contribution in [0.15, 0.2) is 48.7 Å². The number of aromatic nitrogens is 3. The van der Waals surface area contributed by atoms with E-state index in [2.05, 4.69) is 35.5 Å². The molecule has 0 saturated heterocycles. The zero-order valence-corrected chi connectivity index (χ0v) is 12.5. The number of pyridine rings is 1. The molecular formula is C17H20N4. The molecule has 0 aliphatic heterocycles. The molecule has 1 unspecified atom stereocenters. The number of nitrogens with zero attached hydrogens (tertiary/aromatic N) is 3. The summed E-state index contributed by atoms with van der Waals surface area (Å²) in [7, 11) is 1.94. The van der Waals surface area contributed by atoms with E-state index in [0.717, 1.165) is 35.3 Å². The van der Waals surface area contributed by atoms with Crippen molar-refractivity contribution >= 4 is 10.9 Å². The van der Waals surface area contributed by atoms with Gasteiger partial charge < -0.3 is 5.32 Å². The lowest BCUT2D eigenvalue weighted by Gasteiger charge is -2.16. The fourth-order valence-electron chi connectivity index (χ4n) is 2.48. The van der Waals surface area contributed by atoms with Gasteiger partial charge in [0, 0.05) is 18.6 Å². The van der Waals surface area contributed by atoms with Crippen molar-refractivity contribution in [2.24, 2.45) is 7.05 Å². The minimum Gasteiger partial charge on any atom is -0.304 e. The van der Waals surface area contributed by atoms with E-state index in [4.69, 9.17) is 4.98 Å². The predicted octanol–water partition coefficient (Wildman–Crippen LogP) is 3.06. The predicted molar refractivity (Wildman–Crippen MR) is 85.1 cm³/mol. The number of para-hydroxylation sites is 1. The van der Waals surface area contributed by atoms with Crippen molar-refractivity contribution in [1.82, 2.24) is 20.1 Å². The van der Waals surface area contributed by atoms with Crippen LogP contribution in [0.2, 0.25) is 0 Å². The highest BCUT2D eigenvalue weighted by Crippen LogP contribution is 2.21. The highest BCUT2D eigenvalue weighted by atomic mass is 15.3. The smallest absolute Gasteiger partial charge is 0.0943 e. The van der Waals surface area contributed by atoms with Crippen LogP contribution >= 0.6 is 0 Å². The summed E-state index contributed by atoms with van der Waals surface area (Å²) in [4.78, 5) is 4.80. The maximum Gasteiger partial charge on any atom is 0.0943 e. The molecule has 3 aromatic rings. The van der Waals surface area contributed by atoms with Crippen molar-refractivity contribution in [3.63, 3.8) is 0 Å². The molecule has 0 saturated carbocycles. The van der Waals surface area contributed by atoms with Crippen LogP contribution < -0.4 is 5.32 Å². The van der Waals surface area contributed by atoms with E-state index in [1.54, 1.807) is 0 Å². The van der Waals surface area contributed by atoms with E-state index in [-0.39, 0.29) is 6.04 Å². The van der Waals surface area contributed by atoms with Crippen molar-refractivity contribution in [3.8, 4) is 0 Å². The second kappa shape index (κ2) is 6.06. The summed E-state index contributed by atoms with van der Waals surface area (Å²) in [5, 5.41) is 9.24. The Balaban J connectivity index is 2.00. The quantitative estimate of drug-likeness (QED) is 0.781. The molecule has 2 aromatic heterocycles. The van der Waals surface area contributed by atoms with Gasteiger partial charge in [-0.3, -0.25) is 9.67 Å². The monoisotopic (exact) mass is 280 g/mol. The molecule has 0 fully saturated rings. The zero-order valence-electron chi connectivity index (χ0n) is 12.5. The third-order valence-corrected chi connectivity index (χ3v) is 3.54. The molecule has 3 rings (SSSR count). The molecule has 108 valence electrons. The Kier molecular flexibility index (Phi) is 3.97. The van der Waals surface area contributed by atoms with E-state index in [1.807, 2.05) is 42.2 Å². The van der Waals surface area contributed by atoms with Gasteiger partial charge in [0.25, 0.3) is 0 Å². The van der Waals surface area contributed by atoms with Gasteiger partial charge in [-0.15, -0.1) is 0 Å². The Labute approximate surface area is 124 Å². The number of nitrogens with one attached hydrogen (secondary N) is 1. The number of hydrogen-bond donors (Lipinski definition) is 1. The lowest BCUT2D eigenvalue weighted by molar-refractivity contribution is 0.566. The Hall–Kier alpha value is -2.20. The van der Waals surface area contributed by atoms with Crippen LogP contribution in [0, 0.1) is 0 Å². The summed E-state index contributed by atoms with van der Waals surface area (Å²) < 4.78 is 1.83. The van der Waals surface area contributed by atoms with E-state index >= 15 is 0 Å². The molecule has 2 heterocycles. The lowest BCUT2D eigenvalue weighted by Crippen LogP contribution is -2.24. The summed E-state index contributed by atoms with van der Waals surface area (Å²) in [6.07, 6.45) is 3.05. The van der Waals surface area contributed by atoms with E-state index in [0.29, 0.717) is 0 Å². The normalized spacial score (nSPS) is 12.7. The first-order chi connectivity index (χ1) is 10.3. The van der Waals surface area contributed by atoms with Crippen molar-refractivity contribution in [2.75, 3.05) is 6.54 Å². The molecule has 0 radical (unpaired) electrons. The lowest BCUT2D eigenvalue weighted by atomic mass is 10.1. The van der Waals surface area contributed by atoms with Gasteiger partial charge >= 0.3 is 0 Å². The maximum atomic E-state index is 4.80. The highest BCUT2D eigenvalue weighted by Gasteiger charge is 2.17. The highest BCUT2D eigenvalue weighted by molar-refractivity contribution is 5.78. The molecule has 0 amide bonds. The fraction of sp³-hybridized carbons (Fsp3) is 0.294. The molecule has 21 heavy (non-hydrogen) atoms. The molecular weight excluding hydrogens is 260 g/mol. The zero-order chi connectivity index (χ0) is 14.7. The second-order valence-electron chi connectivity index (χ2n) is 5.23. The molecule has 0 spiro atoms. The van der Waals surface area contributed by atoms with Crippen molar-refractivity contribution in [1.29, 1.82) is 0 Å². The van der Waals surface area contributed by atoms with Gasteiger partial charge in [0.1, 0.15) is 0 Å². The Morgan fingerprint density at radius 3 is 2.71 bits per heavy atom. The van der Waals surface area contributed by atoms with Gasteiger partial charge in [-0.05, 0) is 31.2 Å². The van der Waals surface area contributed by atoms with Gasteiger partial charge in [0.05, 0.1) is 22.9 Å². The van der Waals surface area contributed by atoms with Crippen LogP contribution in [0.4, 0.5) is 0 Å². The van der Waals surface area contributed by atoms with Gasteiger partial charge in [0.2, 0.25) is 0 Å². The van der Waals surface area contributed by atoms with Crippen LogP contribution in [-0.2, 0) is 7.05 Å². The van der Waals surface area contributed by atoms with E-state index in [1.165, 1.54) is 0 Å². The van der Waals surface area contributed by atoms with Crippen LogP contribution in [0.5, 0.6) is 0 Å². The van der Waals surface area contributed by atoms with Crippen molar-refractivity contribution < 1.29 is 0 Å². The Bertz CT molecular complexity index is 732. The molecule has 4 heteroatoms. The molecule has 0 aliphatic rings. The average molecular weight is 280 g/mol. The third kappa shape index (κ3) is 2.95.